The fourth-order valence-corrected chi connectivity index (χ4v) is 1.47. The highest BCUT2D eigenvalue weighted by Crippen LogP contribution is 2.15. The summed E-state index contributed by atoms with van der Waals surface area (Å²) < 4.78 is 0. The third kappa shape index (κ3) is 2.25. The highest BCUT2D eigenvalue weighted by Gasteiger charge is 1.99. The van der Waals surface area contributed by atoms with Gasteiger partial charge in [-0.25, -0.2) is 0 Å². The number of pyridine rings is 1. The zero-order valence-electron chi connectivity index (χ0n) is 8.97. The number of nitrogens with zero attached hydrogens (tertiary/aromatic N) is 1. The van der Waals surface area contributed by atoms with Crippen molar-refractivity contribution in [3.05, 3.63) is 48.7 Å². The second-order valence-electron chi connectivity index (χ2n) is 3.41. The van der Waals surface area contributed by atoms with Gasteiger partial charge in [0.1, 0.15) is 0 Å². The summed E-state index contributed by atoms with van der Waals surface area (Å²) in [4.78, 5) is 15.6. The third-order valence-corrected chi connectivity index (χ3v) is 2.18. The largest absolute Gasteiger partial charge is 0.321 e. The predicted molar refractivity (Wildman–Crippen MR) is 65.2 cm³/mol. The van der Waals surface area contributed by atoms with E-state index in [0.29, 0.717) is 5.69 Å². The van der Waals surface area contributed by atoms with Crippen LogP contribution in [0.5, 0.6) is 0 Å². The molecule has 0 unspecified atom stereocenters. The molecule has 0 aliphatic rings. The van der Waals surface area contributed by atoms with Gasteiger partial charge < -0.3 is 5.32 Å². The molecule has 1 aromatic carbocycles. The zero-order valence-corrected chi connectivity index (χ0v) is 8.97. The van der Waals surface area contributed by atoms with Gasteiger partial charge in [-0.3, -0.25) is 9.78 Å². The monoisotopic (exact) mass is 212 g/mol. The summed E-state index contributed by atoms with van der Waals surface area (Å²) in [6.07, 6.45) is 4.84. The lowest BCUT2D eigenvalue weighted by molar-refractivity contribution is -0.111. The van der Waals surface area contributed by atoms with E-state index in [1.54, 1.807) is 19.2 Å². The molecule has 0 fully saturated rings. The maximum absolute atomic E-state index is 11.3. The molecule has 0 atom stereocenters. The van der Waals surface area contributed by atoms with Crippen molar-refractivity contribution < 1.29 is 4.79 Å². The molecule has 0 aliphatic carbocycles. The molecule has 0 saturated heterocycles. The van der Waals surface area contributed by atoms with Crippen LogP contribution in [0.15, 0.2) is 48.7 Å². The van der Waals surface area contributed by atoms with Gasteiger partial charge in [0, 0.05) is 5.39 Å². The Hall–Kier alpha value is -2.16. The molecule has 0 spiro atoms. The van der Waals surface area contributed by atoms with E-state index >= 15 is 0 Å². The van der Waals surface area contributed by atoms with E-state index in [1.165, 1.54) is 6.08 Å². The molecule has 1 heterocycles. The van der Waals surface area contributed by atoms with Gasteiger partial charge in [0.25, 0.3) is 0 Å². The number of benzene rings is 1. The Labute approximate surface area is 93.8 Å². The van der Waals surface area contributed by atoms with Crippen LogP contribution in [0.3, 0.4) is 0 Å². The number of anilines is 1. The first-order chi connectivity index (χ1) is 7.79. The smallest absolute Gasteiger partial charge is 0.248 e. The fourth-order valence-electron chi connectivity index (χ4n) is 1.47. The molecule has 0 bridgehead atoms. The fraction of sp³-hybridized carbons (Fsp3) is 0.0769. The normalized spacial score (nSPS) is 10.8. The number of para-hydroxylation sites is 1. The van der Waals surface area contributed by atoms with Crippen molar-refractivity contribution in [3.8, 4) is 0 Å². The van der Waals surface area contributed by atoms with E-state index in [1.807, 2.05) is 30.3 Å². The Bertz CT molecular complexity index is 546. The molecular weight excluding hydrogens is 200 g/mol. The van der Waals surface area contributed by atoms with Gasteiger partial charge in [-0.2, -0.15) is 0 Å². The molecule has 3 nitrogen and oxygen atoms in total. The Morgan fingerprint density at radius 3 is 3.00 bits per heavy atom. The van der Waals surface area contributed by atoms with Gasteiger partial charge in [0.15, 0.2) is 0 Å². The van der Waals surface area contributed by atoms with Crippen molar-refractivity contribution in [1.29, 1.82) is 0 Å². The molecule has 2 rings (SSSR count). The van der Waals surface area contributed by atoms with Crippen LogP contribution in [0.25, 0.3) is 10.9 Å². The molecule has 3 heteroatoms. The molecule has 16 heavy (non-hydrogen) atoms. The molecule has 2 aromatic rings. The van der Waals surface area contributed by atoms with Crippen LogP contribution < -0.4 is 5.32 Å². The van der Waals surface area contributed by atoms with Crippen molar-refractivity contribution in [2.45, 2.75) is 6.92 Å². The lowest BCUT2D eigenvalue weighted by Crippen LogP contribution is -2.07. The summed E-state index contributed by atoms with van der Waals surface area (Å²) in [5.41, 5.74) is 1.63. The maximum Gasteiger partial charge on any atom is 0.248 e. The number of aromatic nitrogens is 1. The highest BCUT2D eigenvalue weighted by molar-refractivity contribution is 6.00. The molecule has 0 aliphatic heterocycles. The van der Waals surface area contributed by atoms with Crippen LogP contribution >= 0.6 is 0 Å². The number of amides is 1. The Morgan fingerprint density at radius 2 is 2.19 bits per heavy atom. The summed E-state index contributed by atoms with van der Waals surface area (Å²) in [7, 11) is 0. The number of fused-ring (bicyclic) bond motifs is 1. The lowest BCUT2D eigenvalue weighted by atomic mass is 10.2. The first-order valence-electron chi connectivity index (χ1n) is 5.08. The van der Waals surface area contributed by atoms with E-state index in [0.717, 1.165) is 10.9 Å². The number of carbonyl (C=O) groups is 1. The molecule has 0 saturated carbocycles. The maximum atomic E-state index is 11.3. The molecule has 80 valence electrons. The second kappa shape index (κ2) is 4.57. The first kappa shape index (κ1) is 10.4. The Morgan fingerprint density at radius 1 is 1.38 bits per heavy atom. The number of nitrogens with one attached hydrogen (secondary N) is 1. The van der Waals surface area contributed by atoms with Crippen molar-refractivity contribution in [3.63, 3.8) is 0 Å². The standard InChI is InChI=1S/C13H12N2O/c1-2-5-13(16)15-11-8-10-6-3-4-7-12(10)14-9-11/h2-9H,1H3,(H,15,16). The van der Waals surface area contributed by atoms with Crippen molar-refractivity contribution in [1.82, 2.24) is 4.98 Å². The molecular formula is C13H12N2O. The molecule has 1 aromatic heterocycles. The number of rotatable bonds is 2. The number of hydrogen-bond donors (Lipinski definition) is 1. The van der Waals surface area contributed by atoms with E-state index in [2.05, 4.69) is 10.3 Å². The van der Waals surface area contributed by atoms with Crippen LogP contribution in [-0.4, -0.2) is 10.9 Å². The third-order valence-electron chi connectivity index (χ3n) is 2.18. The van der Waals surface area contributed by atoms with E-state index in [4.69, 9.17) is 0 Å². The van der Waals surface area contributed by atoms with E-state index in [9.17, 15) is 4.79 Å². The average molecular weight is 212 g/mol. The van der Waals surface area contributed by atoms with Gasteiger partial charge >= 0.3 is 0 Å². The Kier molecular flexibility index (Phi) is 2.96. The van der Waals surface area contributed by atoms with Crippen LogP contribution in [0.4, 0.5) is 5.69 Å². The first-order valence-corrected chi connectivity index (χ1v) is 5.08. The van der Waals surface area contributed by atoms with Gasteiger partial charge in [-0.05, 0) is 25.1 Å². The quantitative estimate of drug-likeness (QED) is 0.778. The zero-order chi connectivity index (χ0) is 11.4. The second-order valence-corrected chi connectivity index (χ2v) is 3.41. The number of hydrogen-bond acceptors (Lipinski definition) is 2. The van der Waals surface area contributed by atoms with Crippen LogP contribution in [0, 0.1) is 0 Å². The predicted octanol–water partition coefficient (Wildman–Crippen LogP) is 2.75. The average Bonchev–Trinajstić information content (AvgIpc) is 2.29. The summed E-state index contributed by atoms with van der Waals surface area (Å²) in [5, 5.41) is 3.76. The summed E-state index contributed by atoms with van der Waals surface area (Å²) in [5.74, 6) is -0.139. The minimum absolute atomic E-state index is 0.139. The Balaban J connectivity index is 2.29. The number of allylic oxidation sites excluding steroid dienone is 1. The molecule has 1 amide bonds. The summed E-state index contributed by atoms with van der Waals surface area (Å²) in [6, 6.07) is 9.69. The minimum Gasteiger partial charge on any atom is -0.321 e. The molecule has 1 N–H and O–H groups in total. The van der Waals surface area contributed by atoms with Gasteiger partial charge in [-0.1, -0.05) is 24.3 Å². The number of carbonyl (C=O) groups excluding carboxylic acids is 1. The summed E-state index contributed by atoms with van der Waals surface area (Å²) >= 11 is 0. The van der Waals surface area contributed by atoms with Crippen molar-refractivity contribution >= 4 is 22.5 Å². The van der Waals surface area contributed by atoms with Crippen LogP contribution in [-0.2, 0) is 4.79 Å². The van der Waals surface area contributed by atoms with Gasteiger partial charge in [-0.15, -0.1) is 0 Å². The highest BCUT2D eigenvalue weighted by atomic mass is 16.1. The van der Waals surface area contributed by atoms with Gasteiger partial charge in [0.05, 0.1) is 17.4 Å². The van der Waals surface area contributed by atoms with E-state index < -0.39 is 0 Å². The van der Waals surface area contributed by atoms with Crippen LogP contribution in [0.2, 0.25) is 0 Å². The van der Waals surface area contributed by atoms with Crippen LogP contribution in [0.1, 0.15) is 6.92 Å². The topological polar surface area (TPSA) is 42.0 Å². The molecule has 0 radical (unpaired) electrons. The van der Waals surface area contributed by atoms with Crippen molar-refractivity contribution in [2.24, 2.45) is 0 Å². The van der Waals surface area contributed by atoms with Gasteiger partial charge in [0.2, 0.25) is 5.91 Å². The SMILES string of the molecule is CC=CC(=O)Nc1cnc2ccccc2c1. The lowest BCUT2D eigenvalue weighted by Gasteiger charge is -2.03. The van der Waals surface area contributed by atoms with Crippen molar-refractivity contribution in [2.75, 3.05) is 5.32 Å². The van der Waals surface area contributed by atoms with E-state index in [-0.39, 0.29) is 5.91 Å². The minimum atomic E-state index is -0.139. The summed E-state index contributed by atoms with van der Waals surface area (Å²) in [6.45, 7) is 1.80.